The van der Waals surface area contributed by atoms with Crippen LogP contribution in [0.15, 0.2) is 16.6 Å². The lowest BCUT2D eigenvalue weighted by Gasteiger charge is -2.46. The zero-order valence-electron chi connectivity index (χ0n) is 18.4. The largest absolute Gasteiger partial charge is 0.444 e. The van der Waals surface area contributed by atoms with Crippen LogP contribution in [0.4, 0.5) is 14.0 Å². The first kappa shape index (κ1) is 24.7. The molecule has 0 aliphatic carbocycles. The molecule has 1 heterocycles. The minimum absolute atomic E-state index is 0.159. The van der Waals surface area contributed by atoms with Gasteiger partial charge in [0.15, 0.2) is 0 Å². The van der Waals surface area contributed by atoms with Crippen molar-refractivity contribution in [2.24, 2.45) is 0 Å². The molecule has 2 rings (SSSR count). The number of ether oxygens (including phenoxy) is 2. The van der Waals surface area contributed by atoms with Gasteiger partial charge in [-0.25, -0.2) is 14.0 Å². The Labute approximate surface area is 190 Å². The molecule has 2 amide bonds. The SMILES string of the molecule is C[C@@H]1[C@@H](c2cc(Cl)cc(Br)c2F)N(C(=O)OC(C)(C)C)CCN1C(=O)OC(C)(C)C. The summed E-state index contributed by atoms with van der Waals surface area (Å²) < 4.78 is 26.3. The first-order chi connectivity index (χ1) is 13.6. The van der Waals surface area contributed by atoms with Gasteiger partial charge in [-0.3, -0.25) is 4.90 Å². The number of benzene rings is 1. The van der Waals surface area contributed by atoms with Gasteiger partial charge in [-0.05, 0) is 76.5 Å². The van der Waals surface area contributed by atoms with Gasteiger partial charge in [-0.15, -0.1) is 0 Å². The summed E-state index contributed by atoms with van der Waals surface area (Å²) in [5.41, 5.74) is -1.21. The van der Waals surface area contributed by atoms with Gasteiger partial charge in [0, 0.05) is 23.7 Å². The number of hydrogen-bond acceptors (Lipinski definition) is 4. The Hall–Kier alpha value is -1.54. The van der Waals surface area contributed by atoms with Crippen LogP contribution in [0.3, 0.4) is 0 Å². The zero-order valence-corrected chi connectivity index (χ0v) is 20.7. The van der Waals surface area contributed by atoms with E-state index in [0.29, 0.717) is 5.02 Å². The molecule has 6 nitrogen and oxygen atoms in total. The summed E-state index contributed by atoms with van der Waals surface area (Å²) in [4.78, 5) is 28.6. The normalized spacial score (nSPS) is 20.2. The van der Waals surface area contributed by atoms with Gasteiger partial charge < -0.3 is 14.4 Å². The Morgan fingerprint density at radius 3 is 2.00 bits per heavy atom. The maximum absolute atomic E-state index is 15.1. The Balaban J connectivity index is 2.49. The summed E-state index contributed by atoms with van der Waals surface area (Å²) in [7, 11) is 0. The second-order valence-electron chi connectivity index (χ2n) is 9.32. The molecule has 2 atom stereocenters. The molecule has 1 aliphatic heterocycles. The standard InChI is InChI=1S/C21H29BrClFN2O4/c1-12-17(14-10-13(23)11-15(22)16(14)24)26(19(28)30-21(5,6)7)9-8-25(12)18(27)29-20(2,3)4/h10-12,17H,8-9H2,1-7H3/t12-,17+/m1/s1. The van der Waals surface area contributed by atoms with E-state index >= 15 is 4.39 Å². The number of hydrogen-bond donors (Lipinski definition) is 0. The zero-order chi connectivity index (χ0) is 23.0. The van der Waals surface area contributed by atoms with Crippen molar-refractivity contribution >= 4 is 39.7 Å². The lowest BCUT2D eigenvalue weighted by molar-refractivity contribution is -0.0318. The Kier molecular flexibility index (Phi) is 7.34. The molecule has 1 aromatic carbocycles. The van der Waals surface area contributed by atoms with Crippen LogP contribution >= 0.6 is 27.5 Å². The maximum Gasteiger partial charge on any atom is 0.410 e. The minimum atomic E-state index is -0.809. The highest BCUT2D eigenvalue weighted by Crippen LogP contribution is 2.38. The van der Waals surface area contributed by atoms with E-state index in [1.165, 1.54) is 21.9 Å². The molecule has 1 aliphatic rings. The molecule has 30 heavy (non-hydrogen) atoms. The summed E-state index contributed by atoms with van der Waals surface area (Å²) in [6, 6.07) is 1.52. The van der Waals surface area contributed by atoms with Crippen molar-refractivity contribution < 1.29 is 23.5 Å². The van der Waals surface area contributed by atoms with Crippen molar-refractivity contribution in [2.75, 3.05) is 13.1 Å². The first-order valence-corrected chi connectivity index (χ1v) is 10.9. The van der Waals surface area contributed by atoms with E-state index in [4.69, 9.17) is 21.1 Å². The van der Waals surface area contributed by atoms with Crippen LogP contribution < -0.4 is 0 Å². The maximum atomic E-state index is 15.1. The molecule has 168 valence electrons. The fourth-order valence-corrected chi connectivity index (χ4v) is 4.15. The van der Waals surface area contributed by atoms with Gasteiger partial charge in [-0.1, -0.05) is 11.6 Å². The molecular formula is C21H29BrClFN2O4. The van der Waals surface area contributed by atoms with Crippen molar-refractivity contribution in [1.29, 1.82) is 0 Å². The summed E-state index contributed by atoms with van der Waals surface area (Å²) in [5, 5.41) is 0.309. The molecular weight excluding hydrogens is 479 g/mol. The third-order valence-corrected chi connectivity index (χ3v) is 5.26. The fourth-order valence-electron chi connectivity index (χ4n) is 3.31. The number of nitrogens with zero attached hydrogens (tertiary/aromatic N) is 2. The molecule has 0 radical (unpaired) electrons. The van der Waals surface area contributed by atoms with Crippen LogP contribution in [0.2, 0.25) is 5.02 Å². The van der Waals surface area contributed by atoms with Crippen LogP contribution in [0.25, 0.3) is 0 Å². The molecule has 0 bridgehead atoms. The van der Waals surface area contributed by atoms with Crippen LogP contribution in [-0.4, -0.2) is 52.3 Å². The van der Waals surface area contributed by atoms with Crippen molar-refractivity contribution in [1.82, 2.24) is 9.80 Å². The van der Waals surface area contributed by atoms with Crippen molar-refractivity contribution in [3.8, 4) is 0 Å². The van der Waals surface area contributed by atoms with E-state index in [1.807, 2.05) is 0 Å². The molecule has 0 N–H and O–H groups in total. The Morgan fingerprint density at radius 1 is 1.03 bits per heavy atom. The smallest absolute Gasteiger partial charge is 0.410 e. The number of halogens is 3. The van der Waals surface area contributed by atoms with Crippen molar-refractivity contribution in [3.05, 3.63) is 33.0 Å². The molecule has 0 spiro atoms. The lowest BCUT2D eigenvalue weighted by atomic mass is 9.95. The molecule has 0 saturated carbocycles. The highest BCUT2D eigenvalue weighted by atomic mass is 79.9. The van der Waals surface area contributed by atoms with E-state index in [1.54, 1.807) is 48.5 Å². The monoisotopic (exact) mass is 506 g/mol. The molecule has 9 heteroatoms. The summed E-state index contributed by atoms with van der Waals surface area (Å²) in [6.07, 6.45) is -1.11. The van der Waals surface area contributed by atoms with Crippen LogP contribution in [0.5, 0.6) is 0 Å². The third kappa shape index (κ3) is 6.00. The van der Waals surface area contributed by atoms with E-state index in [-0.39, 0.29) is 23.1 Å². The van der Waals surface area contributed by atoms with E-state index in [0.717, 1.165) is 0 Å². The average molecular weight is 508 g/mol. The predicted octanol–water partition coefficient (Wildman–Crippen LogP) is 6.16. The second kappa shape index (κ2) is 8.91. The highest BCUT2D eigenvalue weighted by molar-refractivity contribution is 9.10. The Morgan fingerprint density at radius 2 is 1.50 bits per heavy atom. The molecule has 1 saturated heterocycles. The molecule has 0 unspecified atom stereocenters. The second-order valence-corrected chi connectivity index (χ2v) is 10.6. The van der Waals surface area contributed by atoms with E-state index in [2.05, 4.69) is 15.9 Å². The summed E-state index contributed by atoms with van der Waals surface area (Å²) in [6.45, 7) is 12.7. The van der Waals surface area contributed by atoms with Gasteiger partial charge in [0.1, 0.15) is 17.0 Å². The predicted molar refractivity (Wildman–Crippen MR) is 117 cm³/mol. The van der Waals surface area contributed by atoms with E-state index in [9.17, 15) is 9.59 Å². The lowest BCUT2D eigenvalue weighted by Crippen LogP contribution is -2.58. The number of rotatable bonds is 1. The molecule has 0 aromatic heterocycles. The van der Waals surface area contributed by atoms with Gasteiger partial charge in [-0.2, -0.15) is 0 Å². The molecule has 1 fully saturated rings. The van der Waals surface area contributed by atoms with Crippen molar-refractivity contribution in [2.45, 2.75) is 71.8 Å². The molecule has 1 aromatic rings. The van der Waals surface area contributed by atoms with Crippen LogP contribution in [0.1, 0.15) is 60.1 Å². The van der Waals surface area contributed by atoms with Gasteiger partial charge in [0.05, 0.1) is 16.6 Å². The highest BCUT2D eigenvalue weighted by Gasteiger charge is 2.43. The van der Waals surface area contributed by atoms with Crippen molar-refractivity contribution in [3.63, 3.8) is 0 Å². The minimum Gasteiger partial charge on any atom is -0.444 e. The third-order valence-electron chi connectivity index (χ3n) is 4.46. The summed E-state index contributed by atoms with van der Waals surface area (Å²) in [5.74, 6) is -0.546. The number of piperazine rings is 1. The van der Waals surface area contributed by atoms with Crippen LogP contribution in [0, 0.1) is 5.82 Å². The number of carbonyl (C=O) groups is 2. The first-order valence-electron chi connectivity index (χ1n) is 9.74. The average Bonchev–Trinajstić information content (AvgIpc) is 2.54. The van der Waals surface area contributed by atoms with Crippen LogP contribution in [-0.2, 0) is 9.47 Å². The summed E-state index contributed by atoms with van der Waals surface area (Å²) >= 11 is 9.35. The van der Waals surface area contributed by atoms with Gasteiger partial charge in [0.2, 0.25) is 0 Å². The Bertz CT molecular complexity index is 822. The number of amides is 2. The van der Waals surface area contributed by atoms with Gasteiger partial charge >= 0.3 is 12.2 Å². The van der Waals surface area contributed by atoms with E-state index < -0.39 is 41.3 Å². The number of carbonyl (C=O) groups excluding carboxylic acids is 2. The van der Waals surface area contributed by atoms with Gasteiger partial charge in [0.25, 0.3) is 0 Å². The topological polar surface area (TPSA) is 59.1 Å². The quantitative estimate of drug-likeness (QED) is 0.427. The fraction of sp³-hybridized carbons (Fsp3) is 0.619.